The molecular formula is C23H21ClO6. The first-order valence-electron chi connectivity index (χ1n) is 9.72. The van der Waals surface area contributed by atoms with Crippen molar-refractivity contribution in [2.45, 2.75) is 31.5 Å². The third-order valence-corrected chi connectivity index (χ3v) is 5.53. The van der Waals surface area contributed by atoms with Gasteiger partial charge in [0.1, 0.15) is 30.0 Å². The van der Waals surface area contributed by atoms with Crippen molar-refractivity contribution in [1.82, 2.24) is 0 Å². The van der Waals surface area contributed by atoms with E-state index in [2.05, 4.69) is 0 Å². The number of fused-ring (bicyclic) bond motifs is 1. The Labute approximate surface area is 179 Å². The second-order valence-electron chi connectivity index (χ2n) is 7.26. The monoisotopic (exact) mass is 428 g/mol. The molecule has 0 aromatic heterocycles. The van der Waals surface area contributed by atoms with E-state index in [-0.39, 0.29) is 29.7 Å². The lowest BCUT2D eigenvalue weighted by atomic mass is 9.80. The fourth-order valence-electron chi connectivity index (χ4n) is 3.72. The Balaban J connectivity index is 1.37. The van der Waals surface area contributed by atoms with Gasteiger partial charge in [-0.3, -0.25) is 4.79 Å². The van der Waals surface area contributed by atoms with E-state index in [0.717, 1.165) is 0 Å². The predicted molar refractivity (Wildman–Crippen MR) is 110 cm³/mol. The van der Waals surface area contributed by atoms with E-state index in [1.807, 2.05) is 0 Å². The third-order valence-electron chi connectivity index (χ3n) is 5.29. The fourth-order valence-corrected chi connectivity index (χ4v) is 3.91. The topological polar surface area (TPSA) is 71.1 Å². The van der Waals surface area contributed by atoms with Crippen molar-refractivity contribution in [2.75, 3.05) is 7.11 Å². The predicted octanol–water partition coefficient (Wildman–Crippen LogP) is 4.56. The lowest BCUT2D eigenvalue weighted by Gasteiger charge is -2.36. The van der Waals surface area contributed by atoms with Crippen LogP contribution in [0.5, 0.6) is 11.5 Å². The van der Waals surface area contributed by atoms with Crippen LogP contribution in [0.1, 0.15) is 29.6 Å². The first kappa shape index (κ1) is 20.3. The summed E-state index contributed by atoms with van der Waals surface area (Å²) in [5.74, 6) is 0.568. The van der Waals surface area contributed by atoms with Crippen LogP contribution in [0.3, 0.4) is 0 Å². The van der Waals surface area contributed by atoms with Crippen LogP contribution in [-0.2, 0) is 14.3 Å². The minimum atomic E-state index is -0.429. The Hall–Kier alpha value is -2.99. The molecule has 0 saturated heterocycles. The van der Waals surface area contributed by atoms with Crippen LogP contribution >= 0.6 is 11.6 Å². The van der Waals surface area contributed by atoms with Gasteiger partial charge in [0.2, 0.25) is 11.5 Å². The maximum absolute atomic E-state index is 12.9. The van der Waals surface area contributed by atoms with Gasteiger partial charge in [-0.25, -0.2) is 4.79 Å². The molecule has 1 aliphatic heterocycles. The standard InChI is InChI=1S/C23H21ClO6/c1-27-16-5-7-17(8-6-16)29-21-13-28-20-12-18(9-10-19(20)22(21)25)30-23(26)14-3-2-4-15(24)11-14/h2-8,11,13,18-20H,9-10,12H2,1H3. The Morgan fingerprint density at radius 3 is 2.60 bits per heavy atom. The highest BCUT2D eigenvalue weighted by molar-refractivity contribution is 6.30. The molecular weight excluding hydrogens is 408 g/mol. The molecule has 0 radical (unpaired) electrons. The number of hydrogen-bond acceptors (Lipinski definition) is 6. The Morgan fingerprint density at radius 1 is 1.10 bits per heavy atom. The summed E-state index contributed by atoms with van der Waals surface area (Å²) in [6, 6.07) is 13.6. The Kier molecular flexibility index (Phi) is 5.95. The molecule has 2 aliphatic rings. The molecule has 1 aliphatic carbocycles. The lowest BCUT2D eigenvalue weighted by molar-refractivity contribution is -0.132. The zero-order valence-corrected chi connectivity index (χ0v) is 17.1. The molecule has 0 N–H and O–H groups in total. The van der Waals surface area contributed by atoms with E-state index in [4.69, 9.17) is 30.5 Å². The van der Waals surface area contributed by atoms with Gasteiger partial charge in [0.25, 0.3) is 0 Å². The fraction of sp³-hybridized carbons (Fsp3) is 0.304. The zero-order valence-electron chi connectivity index (χ0n) is 16.4. The smallest absolute Gasteiger partial charge is 0.338 e. The van der Waals surface area contributed by atoms with E-state index in [1.165, 1.54) is 6.26 Å². The number of ether oxygens (including phenoxy) is 4. The van der Waals surface area contributed by atoms with E-state index >= 15 is 0 Å². The molecule has 7 heteroatoms. The van der Waals surface area contributed by atoms with Crippen LogP contribution in [0.25, 0.3) is 0 Å². The number of benzene rings is 2. The summed E-state index contributed by atoms with van der Waals surface area (Å²) < 4.78 is 22.2. The van der Waals surface area contributed by atoms with Crippen LogP contribution in [0.2, 0.25) is 5.02 Å². The van der Waals surface area contributed by atoms with Gasteiger partial charge in [0.05, 0.1) is 18.6 Å². The van der Waals surface area contributed by atoms with Crippen LogP contribution in [-0.4, -0.2) is 31.1 Å². The molecule has 0 amide bonds. The molecule has 2 aromatic carbocycles. The minimum Gasteiger partial charge on any atom is -0.497 e. The first-order chi connectivity index (χ1) is 14.5. The zero-order chi connectivity index (χ0) is 21.1. The highest BCUT2D eigenvalue weighted by Gasteiger charge is 2.42. The van der Waals surface area contributed by atoms with Crippen molar-refractivity contribution in [3.8, 4) is 11.5 Å². The summed E-state index contributed by atoms with van der Waals surface area (Å²) in [6.07, 6.45) is 2.29. The van der Waals surface area contributed by atoms with Crippen LogP contribution in [0.4, 0.5) is 0 Å². The SMILES string of the molecule is COc1ccc(OC2=COC3CC(OC(=O)c4cccc(Cl)c4)CCC3C2=O)cc1. The van der Waals surface area contributed by atoms with E-state index in [1.54, 1.807) is 55.6 Å². The summed E-state index contributed by atoms with van der Waals surface area (Å²) in [6.45, 7) is 0. The van der Waals surface area contributed by atoms with Crippen molar-refractivity contribution >= 4 is 23.4 Å². The third kappa shape index (κ3) is 4.44. The second kappa shape index (κ2) is 8.79. The van der Waals surface area contributed by atoms with Crippen molar-refractivity contribution < 1.29 is 28.5 Å². The first-order valence-corrected chi connectivity index (χ1v) is 10.1. The average molecular weight is 429 g/mol. The molecule has 0 spiro atoms. The number of esters is 1. The lowest BCUT2D eigenvalue weighted by Crippen LogP contribution is -2.43. The Bertz CT molecular complexity index is 968. The largest absolute Gasteiger partial charge is 0.497 e. The van der Waals surface area contributed by atoms with Gasteiger partial charge in [0, 0.05) is 11.4 Å². The number of allylic oxidation sites excluding steroid dienone is 1. The minimum absolute atomic E-state index is 0.0957. The van der Waals surface area contributed by atoms with Crippen molar-refractivity contribution in [2.24, 2.45) is 5.92 Å². The summed E-state index contributed by atoms with van der Waals surface area (Å²) in [7, 11) is 1.58. The maximum atomic E-state index is 12.9. The number of halogens is 1. The molecule has 156 valence electrons. The quantitative estimate of drug-likeness (QED) is 0.650. The van der Waals surface area contributed by atoms with Gasteiger partial charge in [0.15, 0.2) is 0 Å². The molecule has 3 atom stereocenters. The summed E-state index contributed by atoms with van der Waals surface area (Å²) in [4.78, 5) is 25.2. The van der Waals surface area contributed by atoms with E-state index in [0.29, 0.717) is 41.3 Å². The molecule has 2 aromatic rings. The number of carbonyl (C=O) groups excluding carboxylic acids is 2. The van der Waals surface area contributed by atoms with Gasteiger partial charge in [-0.05, 0) is 55.3 Å². The highest BCUT2D eigenvalue weighted by Crippen LogP contribution is 2.35. The van der Waals surface area contributed by atoms with Gasteiger partial charge in [-0.1, -0.05) is 17.7 Å². The number of hydrogen-bond donors (Lipinski definition) is 0. The average Bonchev–Trinajstić information content (AvgIpc) is 2.76. The van der Waals surface area contributed by atoms with Crippen LogP contribution in [0, 0.1) is 5.92 Å². The van der Waals surface area contributed by atoms with Crippen molar-refractivity contribution in [1.29, 1.82) is 0 Å². The second-order valence-corrected chi connectivity index (χ2v) is 7.69. The van der Waals surface area contributed by atoms with E-state index < -0.39 is 5.97 Å². The van der Waals surface area contributed by atoms with Crippen LogP contribution in [0.15, 0.2) is 60.6 Å². The van der Waals surface area contributed by atoms with Gasteiger partial charge in [-0.15, -0.1) is 0 Å². The molecule has 6 nitrogen and oxygen atoms in total. The Morgan fingerprint density at radius 2 is 1.87 bits per heavy atom. The van der Waals surface area contributed by atoms with Crippen molar-refractivity contribution in [3.63, 3.8) is 0 Å². The molecule has 1 heterocycles. The molecule has 0 bridgehead atoms. The number of Topliss-reactive ketones (excluding diaryl/α,β-unsaturated/α-hetero) is 1. The summed E-state index contributed by atoms with van der Waals surface area (Å²) in [5, 5.41) is 0.476. The number of carbonyl (C=O) groups is 2. The van der Waals surface area contributed by atoms with Crippen LogP contribution < -0.4 is 9.47 Å². The van der Waals surface area contributed by atoms with E-state index in [9.17, 15) is 9.59 Å². The molecule has 30 heavy (non-hydrogen) atoms. The highest BCUT2D eigenvalue weighted by atomic mass is 35.5. The molecule has 1 saturated carbocycles. The summed E-state index contributed by atoms with van der Waals surface area (Å²) >= 11 is 5.94. The van der Waals surface area contributed by atoms with Crippen molar-refractivity contribution in [3.05, 3.63) is 71.1 Å². The number of methoxy groups -OCH3 is 1. The molecule has 3 unspecified atom stereocenters. The number of rotatable bonds is 5. The van der Waals surface area contributed by atoms with Gasteiger partial charge >= 0.3 is 5.97 Å². The van der Waals surface area contributed by atoms with Gasteiger partial charge < -0.3 is 18.9 Å². The van der Waals surface area contributed by atoms with Gasteiger partial charge in [-0.2, -0.15) is 0 Å². The summed E-state index contributed by atoms with van der Waals surface area (Å²) in [5.41, 5.74) is 0.403. The molecule has 1 fully saturated rings. The molecule has 4 rings (SSSR count). The normalized spacial score (nSPS) is 22.9. The maximum Gasteiger partial charge on any atom is 0.338 e. The number of ketones is 1.